The van der Waals surface area contributed by atoms with E-state index in [0.29, 0.717) is 5.76 Å². The molecule has 0 aliphatic carbocycles. The van der Waals surface area contributed by atoms with E-state index in [1.807, 2.05) is 13.8 Å². The van der Waals surface area contributed by atoms with Crippen molar-refractivity contribution in [1.29, 1.82) is 0 Å². The Kier molecular flexibility index (Phi) is 3.64. The lowest BCUT2D eigenvalue weighted by Crippen LogP contribution is -2.55. The van der Waals surface area contributed by atoms with E-state index in [2.05, 4.69) is 5.32 Å². The van der Waals surface area contributed by atoms with Crippen molar-refractivity contribution in [3.63, 3.8) is 0 Å². The Morgan fingerprint density at radius 2 is 2.00 bits per heavy atom. The fourth-order valence-electron chi connectivity index (χ4n) is 1.19. The molecule has 5 heteroatoms. The topological polar surface area (TPSA) is 82.7 Å². The van der Waals surface area contributed by atoms with Crippen molar-refractivity contribution >= 4 is 5.97 Å². The number of nitrogens with one attached hydrogen (secondary N) is 1. The highest BCUT2D eigenvalue weighted by Crippen LogP contribution is 2.21. The molecule has 0 atom stereocenters. The van der Waals surface area contributed by atoms with Crippen LogP contribution in [0.3, 0.4) is 0 Å². The highest BCUT2D eigenvalue weighted by Gasteiger charge is 2.34. The van der Waals surface area contributed by atoms with Gasteiger partial charge >= 0.3 is 5.97 Å². The van der Waals surface area contributed by atoms with E-state index in [-0.39, 0.29) is 12.1 Å². The first-order chi connectivity index (χ1) is 7.65. The van der Waals surface area contributed by atoms with E-state index in [9.17, 15) is 9.90 Å². The van der Waals surface area contributed by atoms with Gasteiger partial charge in [0.05, 0.1) is 18.4 Å². The van der Waals surface area contributed by atoms with Crippen molar-refractivity contribution in [3.8, 4) is 0 Å². The molecule has 1 aromatic rings. The van der Waals surface area contributed by atoms with Crippen LogP contribution < -0.4 is 5.32 Å². The Labute approximate surface area is 100 Å². The third kappa shape index (κ3) is 3.08. The first-order valence-electron chi connectivity index (χ1n) is 5.42. The molecule has 0 radical (unpaired) electrons. The van der Waals surface area contributed by atoms with Crippen molar-refractivity contribution < 1.29 is 19.4 Å². The standard InChI is InChI=1S/C12H19NO4/c1-11(2,12(3,4)16)13-7-9-8(10(14)15)5-6-17-9/h5-6,13,16H,7H2,1-4H3,(H,14,15). The number of aliphatic hydroxyl groups is 1. The van der Waals surface area contributed by atoms with Gasteiger partial charge in [0.1, 0.15) is 11.3 Å². The van der Waals surface area contributed by atoms with E-state index in [4.69, 9.17) is 9.52 Å². The third-order valence-electron chi connectivity index (χ3n) is 3.20. The molecule has 0 fully saturated rings. The lowest BCUT2D eigenvalue weighted by Gasteiger charge is -2.38. The quantitative estimate of drug-likeness (QED) is 0.729. The second-order valence-corrected chi connectivity index (χ2v) is 5.10. The fourth-order valence-corrected chi connectivity index (χ4v) is 1.19. The Morgan fingerprint density at radius 1 is 1.41 bits per heavy atom. The van der Waals surface area contributed by atoms with E-state index >= 15 is 0 Å². The predicted molar refractivity (Wildman–Crippen MR) is 62.9 cm³/mol. The van der Waals surface area contributed by atoms with Crippen LogP contribution in [0.2, 0.25) is 0 Å². The van der Waals surface area contributed by atoms with Crippen molar-refractivity contribution in [2.45, 2.75) is 45.4 Å². The lowest BCUT2D eigenvalue weighted by molar-refractivity contribution is -0.00605. The van der Waals surface area contributed by atoms with E-state index in [1.165, 1.54) is 12.3 Å². The van der Waals surface area contributed by atoms with Gasteiger partial charge in [-0.2, -0.15) is 0 Å². The summed E-state index contributed by atoms with van der Waals surface area (Å²) in [6.07, 6.45) is 1.34. The Balaban J connectivity index is 2.74. The zero-order chi connectivity index (χ0) is 13.3. The second-order valence-electron chi connectivity index (χ2n) is 5.10. The van der Waals surface area contributed by atoms with E-state index in [0.717, 1.165) is 0 Å². The van der Waals surface area contributed by atoms with Gasteiger partial charge in [-0.25, -0.2) is 4.79 Å². The minimum Gasteiger partial charge on any atom is -0.478 e. The molecular weight excluding hydrogens is 222 g/mol. The SMILES string of the molecule is CC(C)(O)C(C)(C)NCc1occc1C(=O)O. The molecule has 1 heterocycles. The molecule has 17 heavy (non-hydrogen) atoms. The van der Waals surface area contributed by atoms with Crippen LogP contribution in [0, 0.1) is 0 Å². The fraction of sp³-hybridized carbons (Fsp3) is 0.583. The van der Waals surface area contributed by atoms with Crippen molar-refractivity contribution in [3.05, 3.63) is 23.7 Å². The number of hydrogen-bond acceptors (Lipinski definition) is 4. The van der Waals surface area contributed by atoms with Crippen LogP contribution in [0.25, 0.3) is 0 Å². The molecule has 96 valence electrons. The van der Waals surface area contributed by atoms with Crippen molar-refractivity contribution in [2.24, 2.45) is 0 Å². The zero-order valence-corrected chi connectivity index (χ0v) is 10.6. The minimum atomic E-state index is -1.02. The maximum Gasteiger partial charge on any atom is 0.339 e. The molecule has 0 unspecified atom stereocenters. The van der Waals surface area contributed by atoms with Crippen LogP contribution in [0.5, 0.6) is 0 Å². The van der Waals surface area contributed by atoms with Gasteiger partial charge in [0, 0.05) is 5.54 Å². The minimum absolute atomic E-state index is 0.143. The molecule has 0 aliphatic heterocycles. The zero-order valence-electron chi connectivity index (χ0n) is 10.6. The predicted octanol–water partition coefficient (Wildman–Crippen LogP) is 1.62. The summed E-state index contributed by atoms with van der Waals surface area (Å²) in [5, 5.41) is 21.9. The maximum atomic E-state index is 10.9. The smallest absolute Gasteiger partial charge is 0.339 e. The van der Waals surface area contributed by atoms with Crippen LogP contribution in [0.4, 0.5) is 0 Å². The number of rotatable bonds is 5. The average Bonchev–Trinajstić information content (AvgIpc) is 2.60. The van der Waals surface area contributed by atoms with Gasteiger partial charge in [0.25, 0.3) is 0 Å². The molecular formula is C12H19NO4. The van der Waals surface area contributed by atoms with Gasteiger partial charge in [-0.05, 0) is 33.8 Å². The first-order valence-corrected chi connectivity index (χ1v) is 5.42. The molecule has 0 spiro atoms. The normalized spacial score (nSPS) is 12.8. The molecule has 0 saturated carbocycles. The summed E-state index contributed by atoms with van der Waals surface area (Å²) in [6, 6.07) is 1.41. The number of carboxylic acid groups (broad SMARTS) is 1. The molecule has 1 aromatic heterocycles. The summed E-state index contributed by atoms with van der Waals surface area (Å²) in [5.74, 6) is -0.661. The van der Waals surface area contributed by atoms with Crippen molar-refractivity contribution in [2.75, 3.05) is 0 Å². The molecule has 3 N–H and O–H groups in total. The van der Waals surface area contributed by atoms with Crippen molar-refractivity contribution in [1.82, 2.24) is 5.32 Å². The molecule has 0 aromatic carbocycles. The van der Waals surface area contributed by atoms with Crippen LogP contribution in [-0.4, -0.2) is 27.3 Å². The van der Waals surface area contributed by atoms with Gasteiger partial charge in [0.2, 0.25) is 0 Å². The number of aromatic carboxylic acids is 1. The molecule has 0 saturated heterocycles. The molecule has 0 amide bonds. The van der Waals surface area contributed by atoms with E-state index < -0.39 is 17.1 Å². The van der Waals surface area contributed by atoms with Gasteiger partial charge in [-0.3, -0.25) is 0 Å². The Hall–Kier alpha value is -1.33. The largest absolute Gasteiger partial charge is 0.478 e. The number of carbonyl (C=O) groups is 1. The van der Waals surface area contributed by atoms with Crippen LogP contribution in [-0.2, 0) is 6.54 Å². The number of carboxylic acids is 1. The molecule has 5 nitrogen and oxygen atoms in total. The molecule has 0 aliphatic rings. The number of furan rings is 1. The summed E-state index contributed by atoms with van der Waals surface area (Å²) in [4.78, 5) is 10.9. The van der Waals surface area contributed by atoms with Gasteiger partial charge in [0.15, 0.2) is 0 Å². The maximum absolute atomic E-state index is 10.9. The van der Waals surface area contributed by atoms with Gasteiger partial charge in [-0.15, -0.1) is 0 Å². The van der Waals surface area contributed by atoms with Crippen LogP contribution in [0.15, 0.2) is 16.7 Å². The molecule has 1 rings (SSSR count). The average molecular weight is 241 g/mol. The van der Waals surface area contributed by atoms with Gasteiger partial charge in [-0.1, -0.05) is 0 Å². The summed E-state index contributed by atoms with van der Waals surface area (Å²) in [7, 11) is 0. The summed E-state index contributed by atoms with van der Waals surface area (Å²) in [5.41, 5.74) is -1.34. The number of hydrogen-bond donors (Lipinski definition) is 3. The Morgan fingerprint density at radius 3 is 2.47 bits per heavy atom. The van der Waals surface area contributed by atoms with Gasteiger partial charge < -0.3 is 19.9 Å². The van der Waals surface area contributed by atoms with Crippen LogP contribution >= 0.6 is 0 Å². The summed E-state index contributed by atoms with van der Waals surface area (Å²) < 4.78 is 5.11. The monoisotopic (exact) mass is 241 g/mol. The summed E-state index contributed by atoms with van der Waals surface area (Å²) in [6.45, 7) is 7.33. The second kappa shape index (κ2) is 4.50. The van der Waals surface area contributed by atoms with E-state index in [1.54, 1.807) is 13.8 Å². The molecule has 0 bridgehead atoms. The highest BCUT2D eigenvalue weighted by molar-refractivity contribution is 5.88. The third-order valence-corrected chi connectivity index (χ3v) is 3.20. The van der Waals surface area contributed by atoms with Crippen LogP contribution in [0.1, 0.15) is 43.8 Å². The first kappa shape index (κ1) is 13.7. The Bertz CT molecular complexity index is 401. The lowest BCUT2D eigenvalue weighted by atomic mass is 9.86. The summed E-state index contributed by atoms with van der Waals surface area (Å²) >= 11 is 0. The highest BCUT2D eigenvalue weighted by atomic mass is 16.4.